The topological polar surface area (TPSA) is 93.4 Å². The average molecular weight is 302 g/mol. The third-order valence-electron chi connectivity index (χ3n) is 2.58. The SMILES string of the molecule is CCNc1nc(NCc2cccs2)nc(-n2cncn2)n1. The number of rotatable bonds is 6. The maximum Gasteiger partial charge on any atom is 0.258 e. The van der Waals surface area contributed by atoms with Crippen molar-refractivity contribution >= 4 is 23.2 Å². The highest BCUT2D eigenvalue weighted by molar-refractivity contribution is 7.09. The molecule has 0 unspecified atom stereocenters. The van der Waals surface area contributed by atoms with Crippen molar-refractivity contribution in [3.05, 3.63) is 35.0 Å². The Bertz CT molecular complexity index is 679. The Balaban J connectivity index is 1.84. The summed E-state index contributed by atoms with van der Waals surface area (Å²) in [6, 6.07) is 4.07. The first-order valence-corrected chi connectivity index (χ1v) is 7.34. The van der Waals surface area contributed by atoms with Gasteiger partial charge in [0, 0.05) is 11.4 Å². The lowest BCUT2D eigenvalue weighted by molar-refractivity contribution is 0.794. The van der Waals surface area contributed by atoms with Crippen LogP contribution in [0.3, 0.4) is 0 Å². The second kappa shape index (κ2) is 6.27. The van der Waals surface area contributed by atoms with Crippen LogP contribution in [-0.4, -0.2) is 36.3 Å². The summed E-state index contributed by atoms with van der Waals surface area (Å²) in [5.74, 6) is 1.43. The number of aromatic nitrogens is 6. The molecule has 0 radical (unpaired) electrons. The van der Waals surface area contributed by atoms with E-state index in [1.54, 1.807) is 17.7 Å². The number of nitrogens with one attached hydrogen (secondary N) is 2. The second-order valence-corrected chi connectivity index (χ2v) is 5.12. The summed E-state index contributed by atoms with van der Waals surface area (Å²) in [6.45, 7) is 3.38. The first-order valence-electron chi connectivity index (χ1n) is 6.46. The molecule has 9 heteroatoms. The maximum absolute atomic E-state index is 4.35. The molecule has 0 saturated carbocycles. The Morgan fingerprint density at radius 3 is 2.71 bits per heavy atom. The molecule has 0 aliphatic heterocycles. The fourth-order valence-electron chi connectivity index (χ4n) is 1.67. The van der Waals surface area contributed by atoms with Crippen molar-refractivity contribution in [2.45, 2.75) is 13.5 Å². The Kier molecular flexibility index (Phi) is 4.01. The smallest absolute Gasteiger partial charge is 0.258 e. The zero-order valence-corrected chi connectivity index (χ0v) is 12.2. The molecule has 0 aliphatic carbocycles. The minimum atomic E-state index is 0.423. The zero-order chi connectivity index (χ0) is 14.5. The van der Waals surface area contributed by atoms with Crippen molar-refractivity contribution in [3.8, 4) is 5.95 Å². The monoisotopic (exact) mass is 302 g/mol. The number of nitrogens with zero attached hydrogens (tertiary/aromatic N) is 6. The summed E-state index contributed by atoms with van der Waals surface area (Å²) in [5.41, 5.74) is 0. The van der Waals surface area contributed by atoms with Gasteiger partial charge >= 0.3 is 0 Å². The van der Waals surface area contributed by atoms with Crippen LogP contribution in [0.5, 0.6) is 0 Å². The highest BCUT2D eigenvalue weighted by atomic mass is 32.1. The third kappa shape index (κ3) is 3.31. The molecule has 3 rings (SSSR count). The summed E-state index contributed by atoms with van der Waals surface area (Å²) in [5, 5.41) is 12.4. The van der Waals surface area contributed by atoms with E-state index in [4.69, 9.17) is 0 Å². The molecule has 0 aromatic carbocycles. The summed E-state index contributed by atoms with van der Waals surface area (Å²) >= 11 is 1.68. The molecule has 3 heterocycles. The predicted molar refractivity (Wildman–Crippen MR) is 80.6 cm³/mol. The normalized spacial score (nSPS) is 10.5. The standard InChI is InChI=1S/C12H14N8S/c1-2-14-10-17-11(15-6-9-4-3-5-21-9)19-12(18-10)20-8-13-7-16-20/h3-5,7-8H,2,6H2,1H3,(H2,14,15,17,18,19). The van der Waals surface area contributed by atoms with Crippen molar-refractivity contribution in [1.82, 2.24) is 29.7 Å². The fraction of sp³-hybridized carbons (Fsp3) is 0.250. The van der Waals surface area contributed by atoms with Crippen LogP contribution in [0.15, 0.2) is 30.2 Å². The summed E-state index contributed by atoms with van der Waals surface area (Å²) in [7, 11) is 0. The van der Waals surface area contributed by atoms with Gasteiger partial charge in [-0.05, 0) is 18.4 Å². The maximum atomic E-state index is 4.35. The molecule has 21 heavy (non-hydrogen) atoms. The molecule has 0 fully saturated rings. The number of anilines is 2. The summed E-state index contributed by atoms with van der Waals surface area (Å²) < 4.78 is 1.50. The first kappa shape index (κ1) is 13.4. The molecular formula is C12H14N8S. The lowest BCUT2D eigenvalue weighted by Crippen LogP contribution is -2.12. The highest BCUT2D eigenvalue weighted by Gasteiger charge is 2.08. The van der Waals surface area contributed by atoms with Crippen molar-refractivity contribution in [3.63, 3.8) is 0 Å². The summed E-state index contributed by atoms with van der Waals surface area (Å²) in [6.07, 6.45) is 2.99. The average Bonchev–Trinajstić information content (AvgIpc) is 3.19. The van der Waals surface area contributed by atoms with Gasteiger partial charge in [-0.1, -0.05) is 6.07 Å². The molecule has 108 valence electrons. The Labute approximate surface area is 125 Å². The molecule has 0 spiro atoms. The molecule has 0 amide bonds. The van der Waals surface area contributed by atoms with Crippen LogP contribution in [-0.2, 0) is 6.54 Å². The molecule has 0 atom stereocenters. The second-order valence-electron chi connectivity index (χ2n) is 4.09. The number of thiophene rings is 1. The van der Waals surface area contributed by atoms with Gasteiger partial charge in [0.05, 0.1) is 6.54 Å². The van der Waals surface area contributed by atoms with Crippen molar-refractivity contribution < 1.29 is 0 Å². The van der Waals surface area contributed by atoms with Gasteiger partial charge in [-0.15, -0.1) is 11.3 Å². The first-order chi connectivity index (χ1) is 10.3. The third-order valence-corrected chi connectivity index (χ3v) is 3.46. The number of hydrogen-bond donors (Lipinski definition) is 2. The van der Waals surface area contributed by atoms with E-state index in [9.17, 15) is 0 Å². The van der Waals surface area contributed by atoms with Crippen LogP contribution in [0.1, 0.15) is 11.8 Å². The van der Waals surface area contributed by atoms with E-state index in [0.717, 1.165) is 6.54 Å². The zero-order valence-electron chi connectivity index (χ0n) is 11.4. The van der Waals surface area contributed by atoms with Gasteiger partial charge in [-0.25, -0.2) is 4.98 Å². The Morgan fingerprint density at radius 2 is 2.05 bits per heavy atom. The molecule has 0 bridgehead atoms. The van der Waals surface area contributed by atoms with E-state index < -0.39 is 0 Å². The lowest BCUT2D eigenvalue weighted by atomic mass is 10.5. The molecule has 2 N–H and O–H groups in total. The van der Waals surface area contributed by atoms with E-state index in [1.807, 2.05) is 18.4 Å². The Morgan fingerprint density at radius 1 is 1.19 bits per heavy atom. The van der Waals surface area contributed by atoms with Gasteiger partial charge in [-0.3, -0.25) is 0 Å². The van der Waals surface area contributed by atoms with Gasteiger partial charge < -0.3 is 10.6 Å². The largest absolute Gasteiger partial charge is 0.354 e. The Hall–Kier alpha value is -2.55. The van der Waals surface area contributed by atoms with Crippen LogP contribution < -0.4 is 10.6 Å². The van der Waals surface area contributed by atoms with Crippen LogP contribution >= 0.6 is 11.3 Å². The summed E-state index contributed by atoms with van der Waals surface area (Å²) in [4.78, 5) is 18.1. The lowest BCUT2D eigenvalue weighted by Gasteiger charge is -2.08. The highest BCUT2D eigenvalue weighted by Crippen LogP contribution is 2.12. The van der Waals surface area contributed by atoms with Gasteiger partial charge in [-0.2, -0.15) is 24.7 Å². The minimum absolute atomic E-state index is 0.423. The quantitative estimate of drug-likeness (QED) is 0.713. The molecule has 8 nitrogen and oxygen atoms in total. The van der Waals surface area contributed by atoms with Gasteiger partial charge in [0.25, 0.3) is 5.95 Å². The van der Waals surface area contributed by atoms with Crippen LogP contribution in [0, 0.1) is 0 Å². The van der Waals surface area contributed by atoms with Crippen molar-refractivity contribution in [1.29, 1.82) is 0 Å². The number of hydrogen-bond acceptors (Lipinski definition) is 8. The molecule has 0 aliphatic rings. The van der Waals surface area contributed by atoms with Crippen LogP contribution in [0.25, 0.3) is 5.95 Å². The molecule has 3 aromatic rings. The van der Waals surface area contributed by atoms with Crippen LogP contribution in [0.2, 0.25) is 0 Å². The van der Waals surface area contributed by atoms with E-state index in [2.05, 4.69) is 41.7 Å². The van der Waals surface area contributed by atoms with Gasteiger partial charge in [0.1, 0.15) is 12.7 Å². The van der Waals surface area contributed by atoms with E-state index in [0.29, 0.717) is 24.4 Å². The van der Waals surface area contributed by atoms with Gasteiger partial charge in [0.2, 0.25) is 11.9 Å². The van der Waals surface area contributed by atoms with Crippen molar-refractivity contribution in [2.24, 2.45) is 0 Å². The molecular weight excluding hydrogens is 288 g/mol. The predicted octanol–water partition coefficient (Wildman–Crippen LogP) is 1.56. The van der Waals surface area contributed by atoms with Gasteiger partial charge in [0.15, 0.2) is 0 Å². The molecule has 0 saturated heterocycles. The van der Waals surface area contributed by atoms with E-state index in [-0.39, 0.29) is 0 Å². The van der Waals surface area contributed by atoms with E-state index >= 15 is 0 Å². The van der Waals surface area contributed by atoms with Crippen LogP contribution in [0.4, 0.5) is 11.9 Å². The minimum Gasteiger partial charge on any atom is -0.354 e. The molecule has 3 aromatic heterocycles. The fourth-order valence-corrected chi connectivity index (χ4v) is 2.32. The van der Waals surface area contributed by atoms with E-state index in [1.165, 1.54) is 15.9 Å². The van der Waals surface area contributed by atoms with Crippen molar-refractivity contribution in [2.75, 3.05) is 17.2 Å².